The van der Waals surface area contributed by atoms with E-state index in [9.17, 15) is 23.1 Å². The summed E-state index contributed by atoms with van der Waals surface area (Å²) in [5.74, 6) is 0. The molecule has 0 fully saturated rings. The number of nitro groups is 1. The summed E-state index contributed by atoms with van der Waals surface area (Å²) in [4.78, 5) is 9.66. The predicted octanol–water partition coefficient (Wildman–Crippen LogP) is 3.29. The highest BCUT2D eigenvalue weighted by molar-refractivity contribution is 9.10. The SMILES string of the molecule is O=[N+]([O-])c1ccc(C[B-](F)(F)F)c(Br)c1. The lowest BCUT2D eigenvalue weighted by Crippen LogP contribution is -2.19. The fourth-order valence-corrected chi connectivity index (χ4v) is 1.59. The molecular weight excluding hydrogens is 278 g/mol. The minimum absolute atomic E-state index is 0.00750. The lowest BCUT2D eigenvalue weighted by Gasteiger charge is -2.14. The van der Waals surface area contributed by atoms with E-state index < -0.39 is 18.2 Å². The average molecular weight is 283 g/mol. The first-order valence-electron chi connectivity index (χ1n) is 3.93. The summed E-state index contributed by atoms with van der Waals surface area (Å²) < 4.78 is 36.4. The Morgan fingerprint density at radius 2 is 2.00 bits per heavy atom. The van der Waals surface area contributed by atoms with E-state index in [0.717, 1.165) is 18.2 Å². The normalized spacial score (nSPS) is 11.5. The highest BCUT2D eigenvalue weighted by Gasteiger charge is 2.24. The van der Waals surface area contributed by atoms with Gasteiger partial charge in [0.1, 0.15) is 0 Å². The van der Waals surface area contributed by atoms with Crippen molar-refractivity contribution >= 4 is 28.6 Å². The van der Waals surface area contributed by atoms with Crippen LogP contribution in [0.3, 0.4) is 0 Å². The Balaban J connectivity index is 2.99. The van der Waals surface area contributed by atoms with Gasteiger partial charge in [-0.05, 0) is 0 Å². The molecule has 0 N–H and O–H groups in total. The van der Waals surface area contributed by atoms with Crippen molar-refractivity contribution in [2.75, 3.05) is 0 Å². The number of non-ortho nitro benzene ring substituents is 1. The van der Waals surface area contributed by atoms with Crippen LogP contribution in [0, 0.1) is 10.1 Å². The molecule has 0 aliphatic rings. The van der Waals surface area contributed by atoms with Crippen LogP contribution in [-0.4, -0.2) is 11.9 Å². The summed E-state index contributed by atoms with van der Waals surface area (Å²) in [5, 5.41) is 10.3. The topological polar surface area (TPSA) is 43.1 Å². The van der Waals surface area contributed by atoms with Crippen LogP contribution in [0.2, 0.25) is 0 Å². The molecule has 0 radical (unpaired) electrons. The van der Waals surface area contributed by atoms with Gasteiger partial charge in [0.25, 0.3) is 5.69 Å². The standard InChI is InChI=1S/C7H5BBrF3NO2/c9-7-3-6(13(14)15)2-1-5(7)4-8(10,11)12/h1-3H,4H2/q-1. The summed E-state index contributed by atoms with van der Waals surface area (Å²) in [6.45, 7) is -4.93. The molecular formula is C7H5BBrF3NO2-. The Morgan fingerprint density at radius 3 is 2.40 bits per heavy atom. The third-order valence-electron chi connectivity index (χ3n) is 1.70. The molecule has 0 saturated carbocycles. The number of rotatable bonds is 3. The lowest BCUT2D eigenvalue weighted by atomic mass is 9.82. The molecule has 0 unspecified atom stereocenters. The molecule has 0 aliphatic heterocycles. The van der Waals surface area contributed by atoms with Crippen LogP contribution in [0.1, 0.15) is 5.56 Å². The first-order chi connectivity index (χ1) is 6.79. The highest BCUT2D eigenvalue weighted by atomic mass is 79.9. The molecule has 1 aromatic carbocycles. The second-order valence-corrected chi connectivity index (χ2v) is 3.80. The van der Waals surface area contributed by atoms with Crippen LogP contribution in [0.5, 0.6) is 0 Å². The van der Waals surface area contributed by atoms with Crippen molar-refractivity contribution < 1.29 is 17.9 Å². The second-order valence-electron chi connectivity index (χ2n) is 2.95. The maximum Gasteiger partial charge on any atom is 0.482 e. The fraction of sp³-hybridized carbons (Fsp3) is 0.143. The molecule has 8 heteroatoms. The maximum absolute atomic E-state index is 12.1. The Morgan fingerprint density at radius 1 is 1.40 bits per heavy atom. The van der Waals surface area contributed by atoms with E-state index in [1.54, 1.807) is 0 Å². The Kier molecular flexibility index (Phi) is 3.38. The van der Waals surface area contributed by atoms with Gasteiger partial charge in [-0.2, -0.15) is 0 Å². The highest BCUT2D eigenvalue weighted by Crippen LogP contribution is 2.26. The summed E-state index contributed by atoms with van der Waals surface area (Å²) in [7, 11) is 0. The lowest BCUT2D eigenvalue weighted by molar-refractivity contribution is -0.384. The smallest absolute Gasteiger partial charge is 0.449 e. The van der Waals surface area contributed by atoms with E-state index in [0.29, 0.717) is 0 Å². The van der Waals surface area contributed by atoms with Crippen molar-refractivity contribution in [1.82, 2.24) is 0 Å². The number of nitro benzene ring substituents is 1. The number of nitrogens with zero attached hydrogens (tertiary/aromatic N) is 1. The van der Waals surface area contributed by atoms with Crippen LogP contribution in [0.15, 0.2) is 22.7 Å². The zero-order chi connectivity index (χ0) is 11.6. The van der Waals surface area contributed by atoms with Gasteiger partial charge in [-0.1, -0.05) is 33.9 Å². The Hall–Kier alpha value is -1.05. The third-order valence-corrected chi connectivity index (χ3v) is 2.44. The Labute approximate surface area is 91.6 Å². The van der Waals surface area contributed by atoms with E-state index in [-0.39, 0.29) is 15.7 Å². The molecule has 0 bridgehead atoms. The van der Waals surface area contributed by atoms with Crippen molar-refractivity contribution in [3.63, 3.8) is 0 Å². The molecule has 0 amide bonds. The average Bonchev–Trinajstić information content (AvgIpc) is 2.05. The molecule has 15 heavy (non-hydrogen) atoms. The van der Waals surface area contributed by atoms with Gasteiger partial charge in [-0.25, -0.2) is 0 Å². The van der Waals surface area contributed by atoms with Crippen LogP contribution in [0.4, 0.5) is 18.6 Å². The van der Waals surface area contributed by atoms with Gasteiger partial charge in [-0.15, -0.1) is 0 Å². The number of hydrogen-bond donors (Lipinski definition) is 0. The van der Waals surface area contributed by atoms with Gasteiger partial charge in [0.05, 0.1) is 4.92 Å². The van der Waals surface area contributed by atoms with E-state index in [2.05, 4.69) is 15.9 Å². The van der Waals surface area contributed by atoms with Crippen molar-refractivity contribution in [2.24, 2.45) is 0 Å². The molecule has 0 atom stereocenters. The van der Waals surface area contributed by atoms with Crippen LogP contribution < -0.4 is 0 Å². The predicted molar refractivity (Wildman–Crippen MR) is 53.6 cm³/mol. The van der Waals surface area contributed by atoms with Gasteiger partial charge in [0.2, 0.25) is 0 Å². The first kappa shape index (κ1) is 12.0. The molecule has 1 aromatic rings. The summed E-state index contributed by atoms with van der Waals surface area (Å²) in [5.41, 5.74) is -0.228. The van der Waals surface area contributed by atoms with E-state index in [1.807, 2.05) is 0 Å². The van der Waals surface area contributed by atoms with Crippen LogP contribution >= 0.6 is 15.9 Å². The van der Waals surface area contributed by atoms with Crippen molar-refractivity contribution in [2.45, 2.75) is 6.32 Å². The second kappa shape index (κ2) is 4.22. The first-order valence-corrected chi connectivity index (χ1v) is 4.73. The zero-order valence-electron chi connectivity index (χ0n) is 7.29. The minimum Gasteiger partial charge on any atom is -0.449 e. The largest absolute Gasteiger partial charge is 0.482 e. The van der Waals surface area contributed by atoms with Crippen molar-refractivity contribution in [3.8, 4) is 0 Å². The summed E-state index contributed by atoms with van der Waals surface area (Å²) >= 11 is 2.87. The molecule has 1 rings (SSSR count). The van der Waals surface area contributed by atoms with Gasteiger partial charge in [0.15, 0.2) is 0 Å². The number of hydrogen-bond acceptors (Lipinski definition) is 2. The van der Waals surface area contributed by atoms with Crippen LogP contribution in [-0.2, 0) is 6.32 Å². The van der Waals surface area contributed by atoms with E-state index >= 15 is 0 Å². The maximum atomic E-state index is 12.1. The quantitative estimate of drug-likeness (QED) is 0.485. The van der Waals surface area contributed by atoms with Crippen LogP contribution in [0.25, 0.3) is 0 Å². The van der Waals surface area contributed by atoms with Gasteiger partial charge in [0, 0.05) is 16.6 Å². The number of halogens is 4. The van der Waals surface area contributed by atoms with E-state index in [4.69, 9.17) is 0 Å². The molecule has 82 valence electrons. The zero-order valence-corrected chi connectivity index (χ0v) is 8.88. The molecule has 0 spiro atoms. The minimum atomic E-state index is -4.93. The Bertz CT molecular complexity index is 396. The van der Waals surface area contributed by atoms with Crippen molar-refractivity contribution in [3.05, 3.63) is 38.3 Å². The monoisotopic (exact) mass is 282 g/mol. The molecule has 0 saturated heterocycles. The summed E-state index contributed by atoms with van der Waals surface area (Å²) in [6, 6.07) is 3.23. The molecule has 3 nitrogen and oxygen atoms in total. The molecule has 0 heterocycles. The van der Waals surface area contributed by atoms with Crippen molar-refractivity contribution in [1.29, 1.82) is 0 Å². The van der Waals surface area contributed by atoms with Gasteiger partial charge >= 0.3 is 6.98 Å². The fourth-order valence-electron chi connectivity index (χ4n) is 1.06. The van der Waals surface area contributed by atoms with Gasteiger partial charge in [-0.3, -0.25) is 10.1 Å². The summed E-state index contributed by atoms with van der Waals surface area (Å²) in [6.07, 6.45) is -1.04. The van der Waals surface area contributed by atoms with E-state index in [1.165, 1.54) is 0 Å². The third kappa shape index (κ3) is 3.54. The number of benzene rings is 1. The van der Waals surface area contributed by atoms with Gasteiger partial charge < -0.3 is 12.9 Å². The molecule has 0 aliphatic carbocycles. The molecule has 0 aromatic heterocycles.